The SMILES string of the molecule is Cc1nc(Nc2ccc(NC(=O)c3ccccc3F)cc2)cc(Nc2ccccn2)n1. The highest BCUT2D eigenvalue weighted by Gasteiger charge is 2.11. The van der Waals surface area contributed by atoms with Crippen LogP contribution in [-0.4, -0.2) is 20.9 Å². The Bertz CT molecular complexity index is 1200. The molecule has 0 atom stereocenters. The molecule has 0 saturated heterocycles. The van der Waals surface area contributed by atoms with Gasteiger partial charge in [0.05, 0.1) is 5.56 Å². The lowest BCUT2D eigenvalue weighted by molar-refractivity contribution is 0.102. The average Bonchev–Trinajstić information content (AvgIpc) is 2.76. The van der Waals surface area contributed by atoms with Crippen LogP contribution in [0.25, 0.3) is 0 Å². The molecule has 0 bridgehead atoms. The molecule has 7 nitrogen and oxygen atoms in total. The Hall–Kier alpha value is -4.33. The predicted octanol–water partition coefficient (Wildman–Crippen LogP) is 5.06. The van der Waals surface area contributed by atoms with Gasteiger partial charge in [0.2, 0.25) is 0 Å². The van der Waals surface area contributed by atoms with Crippen LogP contribution in [0.5, 0.6) is 0 Å². The van der Waals surface area contributed by atoms with Crippen LogP contribution in [0.3, 0.4) is 0 Å². The van der Waals surface area contributed by atoms with E-state index >= 15 is 0 Å². The third-order valence-electron chi connectivity index (χ3n) is 4.29. The topological polar surface area (TPSA) is 91.8 Å². The summed E-state index contributed by atoms with van der Waals surface area (Å²) in [6, 6.07) is 20.2. The monoisotopic (exact) mass is 414 g/mol. The van der Waals surface area contributed by atoms with E-state index in [1.165, 1.54) is 12.1 Å². The summed E-state index contributed by atoms with van der Waals surface area (Å²) in [5.74, 6) is 1.43. The Morgan fingerprint density at radius 2 is 1.48 bits per heavy atom. The second kappa shape index (κ2) is 9.00. The van der Waals surface area contributed by atoms with E-state index < -0.39 is 11.7 Å². The summed E-state index contributed by atoms with van der Waals surface area (Å²) in [6.45, 7) is 1.80. The number of halogens is 1. The molecule has 31 heavy (non-hydrogen) atoms. The number of anilines is 5. The van der Waals surface area contributed by atoms with E-state index in [9.17, 15) is 9.18 Å². The first kappa shape index (κ1) is 20.0. The van der Waals surface area contributed by atoms with Gasteiger partial charge in [-0.2, -0.15) is 0 Å². The summed E-state index contributed by atoms with van der Waals surface area (Å²) in [5.41, 5.74) is 1.31. The lowest BCUT2D eigenvalue weighted by atomic mass is 10.2. The molecule has 3 N–H and O–H groups in total. The zero-order chi connectivity index (χ0) is 21.6. The number of aromatic nitrogens is 3. The standard InChI is InChI=1S/C23H19FN6O/c1-15-26-21(14-22(27-15)30-20-8-4-5-13-25-20)28-16-9-11-17(12-10-16)29-23(31)18-6-2-3-7-19(18)24/h2-14H,1H3,(H,29,31)(H2,25,26,27,28,30). The van der Waals surface area contributed by atoms with Gasteiger partial charge in [0.15, 0.2) is 0 Å². The van der Waals surface area contributed by atoms with E-state index in [-0.39, 0.29) is 5.56 Å². The number of nitrogens with one attached hydrogen (secondary N) is 3. The number of hydrogen-bond acceptors (Lipinski definition) is 6. The van der Waals surface area contributed by atoms with Crippen molar-refractivity contribution in [3.05, 3.63) is 96.2 Å². The fourth-order valence-electron chi connectivity index (χ4n) is 2.89. The van der Waals surface area contributed by atoms with Gasteiger partial charge in [0, 0.05) is 23.6 Å². The summed E-state index contributed by atoms with van der Waals surface area (Å²) in [5, 5.41) is 9.04. The molecule has 0 aliphatic heterocycles. The van der Waals surface area contributed by atoms with E-state index in [0.717, 1.165) is 5.69 Å². The van der Waals surface area contributed by atoms with Crippen molar-refractivity contribution < 1.29 is 9.18 Å². The fourth-order valence-corrected chi connectivity index (χ4v) is 2.89. The second-order valence-corrected chi connectivity index (χ2v) is 6.66. The Balaban J connectivity index is 1.44. The molecule has 1 amide bonds. The van der Waals surface area contributed by atoms with E-state index in [4.69, 9.17) is 0 Å². The van der Waals surface area contributed by atoms with Gasteiger partial charge in [-0.1, -0.05) is 18.2 Å². The van der Waals surface area contributed by atoms with Gasteiger partial charge in [0.1, 0.15) is 29.1 Å². The minimum atomic E-state index is -0.562. The van der Waals surface area contributed by atoms with Gasteiger partial charge in [-0.25, -0.2) is 19.3 Å². The largest absolute Gasteiger partial charge is 0.340 e. The minimum absolute atomic E-state index is 0.00547. The molecule has 0 spiro atoms. The number of nitrogens with zero attached hydrogens (tertiary/aromatic N) is 3. The van der Waals surface area contributed by atoms with Gasteiger partial charge < -0.3 is 16.0 Å². The molecule has 154 valence electrons. The van der Waals surface area contributed by atoms with Crippen LogP contribution in [0.15, 0.2) is 79.0 Å². The van der Waals surface area contributed by atoms with E-state index in [0.29, 0.717) is 29.0 Å². The number of carbonyl (C=O) groups excluding carboxylic acids is 1. The number of aryl methyl sites for hydroxylation is 1. The van der Waals surface area contributed by atoms with Crippen LogP contribution in [0.2, 0.25) is 0 Å². The lowest BCUT2D eigenvalue weighted by Gasteiger charge is -2.11. The van der Waals surface area contributed by atoms with Crippen LogP contribution in [-0.2, 0) is 0 Å². The summed E-state index contributed by atoms with van der Waals surface area (Å²) in [4.78, 5) is 25.2. The summed E-state index contributed by atoms with van der Waals surface area (Å²) < 4.78 is 13.8. The molecule has 0 saturated carbocycles. The Morgan fingerprint density at radius 1 is 0.806 bits per heavy atom. The summed E-state index contributed by atoms with van der Waals surface area (Å²) in [6.07, 6.45) is 1.70. The van der Waals surface area contributed by atoms with Crippen molar-refractivity contribution in [1.82, 2.24) is 15.0 Å². The van der Waals surface area contributed by atoms with Crippen LogP contribution in [0.1, 0.15) is 16.2 Å². The molecule has 4 rings (SSSR count). The molecule has 4 aromatic rings. The Morgan fingerprint density at radius 3 is 2.19 bits per heavy atom. The third-order valence-corrected chi connectivity index (χ3v) is 4.29. The molecule has 0 radical (unpaired) electrons. The number of pyridine rings is 1. The molecule has 0 aliphatic rings. The van der Waals surface area contributed by atoms with E-state index in [1.54, 1.807) is 55.6 Å². The lowest BCUT2D eigenvalue weighted by Crippen LogP contribution is -2.13. The molecule has 8 heteroatoms. The molecule has 2 aromatic carbocycles. The quantitative estimate of drug-likeness (QED) is 0.409. The molecule has 0 unspecified atom stereocenters. The summed E-state index contributed by atoms with van der Waals surface area (Å²) >= 11 is 0. The first-order chi connectivity index (χ1) is 15.1. The molecule has 0 fully saturated rings. The number of benzene rings is 2. The number of hydrogen-bond donors (Lipinski definition) is 3. The van der Waals surface area contributed by atoms with Crippen molar-refractivity contribution in [1.29, 1.82) is 0 Å². The molecule has 0 aliphatic carbocycles. The van der Waals surface area contributed by atoms with Gasteiger partial charge in [-0.05, 0) is 55.5 Å². The van der Waals surface area contributed by atoms with Gasteiger partial charge in [-0.15, -0.1) is 0 Å². The number of rotatable bonds is 6. The molecular formula is C23H19FN6O. The highest BCUT2D eigenvalue weighted by molar-refractivity contribution is 6.04. The smallest absolute Gasteiger partial charge is 0.258 e. The maximum atomic E-state index is 13.8. The Labute approximate surface area is 178 Å². The van der Waals surface area contributed by atoms with E-state index in [1.807, 2.05) is 18.2 Å². The summed E-state index contributed by atoms with van der Waals surface area (Å²) in [7, 11) is 0. The van der Waals surface area contributed by atoms with Crippen LogP contribution in [0.4, 0.5) is 33.2 Å². The van der Waals surface area contributed by atoms with Gasteiger partial charge in [-0.3, -0.25) is 4.79 Å². The fraction of sp³-hybridized carbons (Fsp3) is 0.0435. The van der Waals surface area contributed by atoms with Crippen molar-refractivity contribution in [3.63, 3.8) is 0 Å². The molecular weight excluding hydrogens is 395 g/mol. The van der Waals surface area contributed by atoms with Gasteiger partial charge >= 0.3 is 0 Å². The zero-order valence-corrected chi connectivity index (χ0v) is 16.6. The normalized spacial score (nSPS) is 10.4. The average molecular weight is 414 g/mol. The van der Waals surface area contributed by atoms with Crippen molar-refractivity contribution in [3.8, 4) is 0 Å². The molecule has 2 heterocycles. The highest BCUT2D eigenvalue weighted by Crippen LogP contribution is 2.21. The molecule has 2 aromatic heterocycles. The van der Waals surface area contributed by atoms with E-state index in [2.05, 4.69) is 30.9 Å². The van der Waals surface area contributed by atoms with Crippen molar-refractivity contribution in [2.45, 2.75) is 6.92 Å². The van der Waals surface area contributed by atoms with Crippen molar-refractivity contribution in [2.24, 2.45) is 0 Å². The maximum absolute atomic E-state index is 13.8. The van der Waals surface area contributed by atoms with Crippen LogP contribution >= 0.6 is 0 Å². The first-order valence-electron chi connectivity index (χ1n) is 9.53. The maximum Gasteiger partial charge on any atom is 0.258 e. The minimum Gasteiger partial charge on any atom is -0.340 e. The number of carbonyl (C=O) groups is 1. The third kappa shape index (κ3) is 5.18. The van der Waals surface area contributed by atoms with Crippen LogP contribution in [0, 0.1) is 12.7 Å². The predicted molar refractivity (Wildman–Crippen MR) is 118 cm³/mol. The second-order valence-electron chi connectivity index (χ2n) is 6.66. The van der Waals surface area contributed by atoms with Crippen molar-refractivity contribution >= 4 is 34.7 Å². The first-order valence-corrected chi connectivity index (χ1v) is 9.53. The highest BCUT2D eigenvalue weighted by atomic mass is 19.1. The number of amides is 1. The van der Waals surface area contributed by atoms with Crippen molar-refractivity contribution in [2.75, 3.05) is 16.0 Å². The zero-order valence-electron chi connectivity index (χ0n) is 16.6. The van der Waals surface area contributed by atoms with Gasteiger partial charge in [0.25, 0.3) is 5.91 Å². The Kier molecular flexibility index (Phi) is 5.79. The van der Waals surface area contributed by atoms with Crippen LogP contribution < -0.4 is 16.0 Å².